The normalized spacial score (nSPS) is 10.6. The predicted molar refractivity (Wildman–Crippen MR) is 60.8 cm³/mol. The molecule has 0 aliphatic carbocycles. The summed E-state index contributed by atoms with van der Waals surface area (Å²) in [5.74, 6) is 1.34. The van der Waals surface area contributed by atoms with Crippen LogP contribution in [-0.2, 0) is 18.0 Å². The molecule has 0 aliphatic heterocycles. The first kappa shape index (κ1) is 10.9. The molecule has 0 radical (unpaired) electrons. The van der Waals surface area contributed by atoms with Gasteiger partial charge in [0.2, 0.25) is 0 Å². The summed E-state index contributed by atoms with van der Waals surface area (Å²) >= 11 is 0. The van der Waals surface area contributed by atoms with Gasteiger partial charge in [-0.05, 0) is 23.8 Å². The highest BCUT2D eigenvalue weighted by Crippen LogP contribution is 2.23. The maximum atomic E-state index is 8.92. The Kier molecular flexibility index (Phi) is 3.39. The van der Waals surface area contributed by atoms with Crippen molar-refractivity contribution in [3.8, 4) is 11.3 Å². The van der Waals surface area contributed by atoms with Crippen LogP contribution in [0.1, 0.15) is 11.3 Å². The number of hydrogen-bond acceptors (Lipinski definition) is 3. The molecule has 0 atom stereocenters. The summed E-state index contributed by atoms with van der Waals surface area (Å²) in [5.41, 5.74) is 2.09. The van der Waals surface area contributed by atoms with Crippen molar-refractivity contribution in [3.63, 3.8) is 0 Å². The van der Waals surface area contributed by atoms with Crippen molar-refractivity contribution in [2.75, 3.05) is 7.11 Å². The molecule has 0 unspecified atom stereocenters. The summed E-state index contributed by atoms with van der Waals surface area (Å²) in [6.07, 6.45) is 0. The molecule has 3 heteroatoms. The largest absolute Gasteiger partial charge is 0.459 e. The third-order valence-electron chi connectivity index (χ3n) is 2.34. The molecule has 1 heterocycles. The number of aliphatic hydroxyl groups is 1. The summed E-state index contributed by atoms with van der Waals surface area (Å²) in [7, 11) is 1.67. The van der Waals surface area contributed by atoms with E-state index in [-0.39, 0.29) is 6.61 Å². The minimum absolute atomic E-state index is 0.0717. The first-order chi connectivity index (χ1) is 7.83. The molecule has 1 aromatic heterocycles. The number of ether oxygens (including phenoxy) is 1. The van der Waals surface area contributed by atoms with Gasteiger partial charge in [-0.2, -0.15) is 0 Å². The fourth-order valence-corrected chi connectivity index (χ4v) is 1.60. The molecule has 0 bridgehead atoms. The lowest BCUT2D eigenvalue weighted by atomic mass is 10.1. The van der Waals surface area contributed by atoms with Crippen LogP contribution >= 0.6 is 0 Å². The maximum absolute atomic E-state index is 8.92. The summed E-state index contributed by atoms with van der Waals surface area (Å²) < 4.78 is 10.5. The van der Waals surface area contributed by atoms with E-state index in [2.05, 4.69) is 0 Å². The number of furan rings is 1. The lowest BCUT2D eigenvalue weighted by Gasteiger charge is -2.02. The van der Waals surface area contributed by atoms with Gasteiger partial charge < -0.3 is 14.3 Å². The zero-order valence-electron chi connectivity index (χ0n) is 9.14. The fraction of sp³-hybridized carbons (Fsp3) is 0.231. The predicted octanol–water partition coefficient (Wildman–Crippen LogP) is 2.59. The Labute approximate surface area is 94.3 Å². The molecule has 1 aromatic carbocycles. The summed E-state index contributed by atoms with van der Waals surface area (Å²) in [5, 5.41) is 8.92. The van der Waals surface area contributed by atoms with Crippen molar-refractivity contribution in [2.24, 2.45) is 0 Å². The highest BCUT2D eigenvalue weighted by molar-refractivity contribution is 5.58. The van der Waals surface area contributed by atoms with E-state index in [1.54, 1.807) is 13.2 Å². The molecule has 0 fully saturated rings. The molecule has 0 saturated carbocycles. The molecule has 16 heavy (non-hydrogen) atoms. The van der Waals surface area contributed by atoms with E-state index in [0.29, 0.717) is 12.4 Å². The van der Waals surface area contributed by atoms with Crippen molar-refractivity contribution < 1.29 is 14.3 Å². The van der Waals surface area contributed by atoms with Crippen LogP contribution < -0.4 is 0 Å². The standard InChI is InChI=1S/C13H14O3/c1-15-9-10-3-2-4-11(7-10)13-6-5-12(8-14)16-13/h2-7,14H,8-9H2,1H3. The van der Waals surface area contributed by atoms with Gasteiger partial charge in [-0.3, -0.25) is 0 Å². The average molecular weight is 218 g/mol. The smallest absolute Gasteiger partial charge is 0.134 e. The van der Waals surface area contributed by atoms with E-state index in [4.69, 9.17) is 14.3 Å². The zero-order chi connectivity index (χ0) is 11.4. The van der Waals surface area contributed by atoms with Gasteiger partial charge in [0.15, 0.2) is 0 Å². The summed E-state index contributed by atoms with van der Waals surface area (Å²) in [6, 6.07) is 11.6. The second-order valence-electron chi connectivity index (χ2n) is 3.56. The van der Waals surface area contributed by atoms with E-state index in [9.17, 15) is 0 Å². The molecule has 0 spiro atoms. The van der Waals surface area contributed by atoms with E-state index in [1.807, 2.05) is 30.3 Å². The molecule has 2 rings (SSSR count). The monoisotopic (exact) mass is 218 g/mol. The van der Waals surface area contributed by atoms with Gasteiger partial charge in [-0.25, -0.2) is 0 Å². The van der Waals surface area contributed by atoms with Gasteiger partial charge in [-0.15, -0.1) is 0 Å². The van der Waals surface area contributed by atoms with Crippen molar-refractivity contribution in [3.05, 3.63) is 47.7 Å². The molecule has 2 aromatic rings. The van der Waals surface area contributed by atoms with Crippen molar-refractivity contribution in [2.45, 2.75) is 13.2 Å². The van der Waals surface area contributed by atoms with Gasteiger partial charge in [0, 0.05) is 12.7 Å². The van der Waals surface area contributed by atoms with Crippen LogP contribution in [0.15, 0.2) is 40.8 Å². The highest BCUT2D eigenvalue weighted by atomic mass is 16.5. The molecular formula is C13H14O3. The minimum atomic E-state index is -0.0717. The molecule has 1 N–H and O–H groups in total. The van der Waals surface area contributed by atoms with Gasteiger partial charge in [0.05, 0.1) is 6.61 Å². The molecule has 84 valence electrons. The number of benzene rings is 1. The molecule has 0 amide bonds. The van der Waals surface area contributed by atoms with Crippen molar-refractivity contribution in [1.29, 1.82) is 0 Å². The summed E-state index contributed by atoms with van der Waals surface area (Å²) in [4.78, 5) is 0. The molecular weight excluding hydrogens is 204 g/mol. The van der Waals surface area contributed by atoms with E-state index in [0.717, 1.165) is 16.9 Å². The van der Waals surface area contributed by atoms with Crippen molar-refractivity contribution in [1.82, 2.24) is 0 Å². The number of aliphatic hydroxyl groups excluding tert-OH is 1. The van der Waals surface area contributed by atoms with Crippen LogP contribution in [0.3, 0.4) is 0 Å². The maximum Gasteiger partial charge on any atom is 0.134 e. The highest BCUT2D eigenvalue weighted by Gasteiger charge is 2.04. The number of hydrogen-bond donors (Lipinski definition) is 1. The van der Waals surface area contributed by atoms with Gasteiger partial charge in [0.25, 0.3) is 0 Å². The lowest BCUT2D eigenvalue weighted by Crippen LogP contribution is -1.87. The Bertz CT molecular complexity index is 460. The molecule has 3 nitrogen and oxygen atoms in total. The average Bonchev–Trinajstić information content (AvgIpc) is 2.78. The van der Waals surface area contributed by atoms with Crippen LogP contribution in [-0.4, -0.2) is 12.2 Å². The van der Waals surface area contributed by atoms with Crippen LogP contribution in [0.5, 0.6) is 0 Å². The van der Waals surface area contributed by atoms with Gasteiger partial charge in [-0.1, -0.05) is 18.2 Å². The minimum Gasteiger partial charge on any atom is -0.459 e. The second-order valence-corrected chi connectivity index (χ2v) is 3.56. The van der Waals surface area contributed by atoms with E-state index in [1.165, 1.54) is 0 Å². The quantitative estimate of drug-likeness (QED) is 0.857. The third kappa shape index (κ3) is 2.32. The second kappa shape index (κ2) is 4.96. The number of rotatable bonds is 4. The Morgan fingerprint density at radius 2 is 2.12 bits per heavy atom. The van der Waals surface area contributed by atoms with Crippen LogP contribution in [0.2, 0.25) is 0 Å². The number of methoxy groups -OCH3 is 1. The Morgan fingerprint density at radius 3 is 2.81 bits per heavy atom. The third-order valence-corrected chi connectivity index (χ3v) is 2.34. The SMILES string of the molecule is COCc1cccc(-c2ccc(CO)o2)c1. The van der Waals surface area contributed by atoms with Crippen LogP contribution in [0.4, 0.5) is 0 Å². The van der Waals surface area contributed by atoms with Gasteiger partial charge >= 0.3 is 0 Å². The first-order valence-electron chi connectivity index (χ1n) is 5.11. The lowest BCUT2D eigenvalue weighted by molar-refractivity contribution is 0.185. The Morgan fingerprint density at radius 1 is 1.25 bits per heavy atom. The van der Waals surface area contributed by atoms with Crippen LogP contribution in [0, 0.1) is 0 Å². The summed E-state index contributed by atoms with van der Waals surface area (Å²) in [6.45, 7) is 0.513. The van der Waals surface area contributed by atoms with E-state index < -0.39 is 0 Å². The molecule has 0 saturated heterocycles. The van der Waals surface area contributed by atoms with Crippen LogP contribution in [0.25, 0.3) is 11.3 Å². The van der Waals surface area contributed by atoms with Gasteiger partial charge in [0.1, 0.15) is 18.1 Å². The fourth-order valence-electron chi connectivity index (χ4n) is 1.60. The van der Waals surface area contributed by atoms with Crippen molar-refractivity contribution >= 4 is 0 Å². The topological polar surface area (TPSA) is 42.6 Å². The molecule has 0 aliphatic rings. The zero-order valence-corrected chi connectivity index (χ0v) is 9.14. The Hall–Kier alpha value is -1.58. The first-order valence-corrected chi connectivity index (χ1v) is 5.11. The Balaban J connectivity index is 2.28. The van der Waals surface area contributed by atoms with E-state index >= 15 is 0 Å².